The fourth-order valence-corrected chi connectivity index (χ4v) is 3.15. The first-order valence-corrected chi connectivity index (χ1v) is 11.7. The Morgan fingerprint density at radius 2 is 1.63 bits per heavy atom. The summed E-state index contributed by atoms with van der Waals surface area (Å²) in [6.45, 7) is 6.09. The van der Waals surface area contributed by atoms with Gasteiger partial charge in [-0.25, -0.2) is 8.42 Å². The van der Waals surface area contributed by atoms with Crippen molar-refractivity contribution < 1.29 is 22.7 Å². The molecule has 2 atom stereocenters. The van der Waals surface area contributed by atoms with E-state index in [9.17, 15) is 13.2 Å². The van der Waals surface area contributed by atoms with E-state index in [2.05, 4.69) is 5.32 Å². The average molecular weight is 435 g/mol. The van der Waals surface area contributed by atoms with Gasteiger partial charge >= 0.3 is 0 Å². The number of hydrogen-bond donors (Lipinski definition) is 1. The summed E-state index contributed by atoms with van der Waals surface area (Å²) in [5.41, 5.74) is 1.67. The van der Waals surface area contributed by atoms with Gasteiger partial charge in [0.1, 0.15) is 18.1 Å². The minimum absolute atomic E-state index is 0.192. The van der Waals surface area contributed by atoms with Crippen LogP contribution in [0.1, 0.15) is 25.8 Å². The van der Waals surface area contributed by atoms with Crippen LogP contribution in [0.2, 0.25) is 0 Å². The Balaban J connectivity index is 1.90. The molecule has 0 bridgehead atoms. The number of carbonyl (C=O) groups excluding carboxylic acids is 1. The highest BCUT2D eigenvalue weighted by atomic mass is 32.2. The van der Waals surface area contributed by atoms with Crippen molar-refractivity contribution in [3.05, 3.63) is 54.1 Å². The predicted molar refractivity (Wildman–Crippen MR) is 119 cm³/mol. The number of carbonyl (C=O) groups is 1. The van der Waals surface area contributed by atoms with Gasteiger partial charge in [-0.1, -0.05) is 24.6 Å². The summed E-state index contributed by atoms with van der Waals surface area (Å²) in [6.07, 6.45) is 0.964. The third-order valence-corrected chi connectivity index (χ3v) is 5.75. The molecule has 8 heteroatoms. The van der Waals surface area contributed by atoms with Crippen LogP contribution < -0.4 is 19.1 Å². The molecule has 0 aromatic heterocycles. The van der Waals surface area contributed by atoms with E-state index in [1.807, 2.05) is 45.0 Å². The summed E-state index contributed by atoms with van der Waals surface area (Å²) >= 11 is 0. The summed E-state index contributed by atoms with van der Waals surface area (Å²) in [7, 11) is -1.85. The fraction of sp³-hybridized carbons (Fsp3) is 0.409. The van der Waals surface area contributed by atoms with E-state index >= 15 is 0 Å². The first-order chi connectivity index (χ1) is 14.1. The van der Waals surface area contributed by atoms with Crippen LogP contribution in [0.3, 0.4) is 0 Å². The van der Waals surface area contributed by atoms with Gasteiger partial charge in [0.2, 0.25) is 10.0 Å². The van der Waals surface area contributed by atoms with Crippen molar-refractivity contribution in [2.75, 3.05) is 24.2 Å². The van der Waals surface area contributed by atoms with Crippen LogP contribution in [0.15, 0.2) is 48.5 Å². The Morgan fingerprint density at radius 1 is 1.07 bits per heavy atom. The van der Waals surface area contributed by atoms with Crippen molar-refractivity contribution in [2.24, 2.45) is 0 Å². The minimum atomic E-state index is -3.33. The van der Waals surface area contributed by atoms with Crippen LogP contribution >= 0.6 is 0 Å². The summed E-state index contributed by atoms with van der Waals surface area (Å²) in [6, 6.07) is 14.1. The molecule has 0 saturated carbocycles. The molecule has 2 rings (SSSR count). The maximum atomic E-state index is 12.6. The van der Waals surface area contributed by atoms with Crippen molar-refractivity contribution >= 4 is 21.6 Å². The molecule has 0 heterocycles. The lowest BCUT2D eigenvalue weighted by Crippen LogP contribution is -2.44. The first kappa shape index (κ1) is 23.5. The van der Waals surface area contributed by atoms with Crippen LogP contribution in [0.4, 0.5) is 5.69 Å². The van der Waals surface area contributed by atoms with Crippen LogP contribution in [0.25, 0.3) is 0 Å². The van der Waals surface area contributed by atoms with Crippen LogP contribution in [-0.4, -0.2) is 46.4 Å². The van der Waals surface area contributed by atoms with Crippen molar-refractivity contribution in [2.45, 2.75) is 39.3 Å². The highest BCUT2D eigenvalue weighted by Gasteiger charge is 2.21. The summed E-state index contributed by atoms with van der Waals surface area (Å²) < 4.78 is 35.9. The number of benzene rings is 2. The number of anilines is 1. The van der Waals surface area contributed by atoms with E-state index in [0.29, 0.717) is 24.5 Å². The molecule has 1 N–H and O–H groups in total. The van der Waals surface area contributed by atoms with E-state index in [4.69, 9.17) is 9.47 Å². The molecule has 0 radical (unpaired) electrons. The van der Waals surface area contributed by atoms with Gasteiger partial charge in [-0.2, -0.15) is 0 Å². The Morgan fingerprint density at radius 3 is 2.17 bits per heavy atom. The quantitative estimate of drug-likeness (QED) is 0.621. The average Bonchev–Trinajstić information content (AvgIpc) is 2.70. The van der Waals surface area contributed by atoms with Gasteiger partial charge in [-0.05, 0) is 56.7 Å². The van der Waals surface area contributed by atoms with E-state index < -0.39 is 16.1 Å². The topological polar surface area (TPSA) is 84.9 Å². The Bertz CT molecular complexity index is 927. The number of nitrogens with one attached hydrogen (secondary N) is 1. The third-order valence-electron chi connectivity index (χ3n) is 4.55. The number of nitrogens with zero attached hydrogens (tertiary/aromatic N) is 1. The minimum Gasteiger partial charge on any atom is -0.491 e. The van der Waals surface area contributed by atoms with Gasteiger partial charge in [-0.3, -0.25) is 9.10 Å². The predicted octanol–water partition coefficient (Wildman–Crippen LogP) is 3.13. The molecule has 7 nitrogen and oxygen atoms in total. The molecule has 0 spiro atoms. The molecule has 0 fully saturated rings. The van der Waals surface area contributed by atoms with Gasteiger partial charge in [0, 0.05) is 7.05 Å². The second kappa shape index (κ2) is 10.3. The molecular weight excluding hydrogens is 404 g/mol. The molecule has 2 aromatic rings. The highest BCUT2D eigenvalue weighted by molar-refractivity contribution is 7.92. The highest BCUT2D eigenvalue weighted by Crippen LogP contribution is 2.21. The smallest absolute Gasteiger partial charge is 0.261 e. The lowest BCUT2D eigenvalue weighted by molar-refractivity contribution is -0.128. The number of aryl methyl sites for hydroxylation is 1. The van der Waals surface area contributed by atoms with E-state index in [1.54, 1.807) is 24.3 Å². The lowest BCUT2D eigenvalue weighted by Gasteiger charge is -2.21. The van der Waals surface area contributed by atoms with Crippen molar-refractivity contribution in [3.63, 3.8) is 0 Å². The molecule has 30 heavy (non-hydrogen) atoms. The van der Waals surface area contributed by atoms with Crippen molar-refractivity contribution in [3.8, 4) is 11.5 Å². The second-order valence-electron chi connectivity index (χ2n) is 7.27. The van der Waals surface area contributed by atoms with Crippen molar-refractivity contribution in [1.29, 1.82) is 0 Å². The molecular formula is C22H30N2O5S. The number of hydrogen-bond acceptors (Lipinski definition) is 5. The monoisotopic (exact) mass is 434 g/mol. The summed E-state index contributed by atoms with van der Waals surface area (Å²) in [4.78, 5) is 12.6. The maximum Gasteiger partial charge on any atom is 0.261 e. The maximum absolute atomic E-state index is 12.6. The van der Waals surface area contributed by atoms with E-state index in [1.165, 1.54) is 11.4 Å². The Labute approximate surface area is 179 Å². The molecule has 164 valence electrons. The molecule has 0 unspecified atom stereocenters. The van der Waals surface area contributed by atoms with Gasteiger partial charge in [-0.15, -0.1) is 0 Å². The van der Waals surface area contributed by atoms with Crippen LogP contribution in [0.5, 0.6) is 11.5 Å². The SMILES string of the molecule is CC[C@@H](Oc1ccc(N(C)S(C)(=O)=O)cc1)C(=O)N[C@@H](C)COc1ccc(C)cc1. The van der Waals surface area contributed by atoms with Crippen molar-refractivity contribution in [1.82, 2.24) is 5.32 Å². The van der Waals surface area contributed by atoms with Crippen LogP contribution in [-0.2, 0) is 14.8 Å². The van der Waals surface area contributed by atoms with Gasteiger partial charge < -0.3 is 14.8 Å². The second-order valence-corrected chi connectivity index (χ2v) is 9.29. The Hall–Kier alpha value is -2.74. The largest absolute Gasteiger partial charge is 0.491 e. The molecule has 2 aromatic carbocycles. The van der Waals surface area contributed by atoms with E-state index in [-0.39, 0.29) is 11.9 Å². The van der Waals surface area contributed by atoms with Crippen LogP contribution in [0, 0.1) is 6.92 Å². The number of rotatable bonds is 10. The normalized spacial score (nSPS) is 13.2. The van der Waals surface area contributed by atoms with Gasteiger partial charge in [0.15, 0.2) is 6.10 Å². The molecule has 0 aliphatic rings. The van der Waals surface area contributed by atoms with E-state index in [0.717, 1.165) is 17.6 Å². The number of ether oxygens (including phenoxy) is 2. The Kier molecular flexibility index (Phi) is 8.11. The first-order valence-electron chi connectivity index (χ1n) is 9.80. The van der Waals surface area contributed by atoms with Gasteiger partial charge in [0.05, 0.1) is 18.0 Å². The summed E-state index contributed by atoms with van der Waals surface area (Å²) in [5, 5.41) is 2.91. The molecule has 1 amide bonds. The molecule has 0 saturated heterocycles. The zero-order valence-corrected chi connectivity index (χ0v) is 18.9. The molecule has 0 aliphatic heterocycles. The van der Waals surface area contributed by atoms with Gasteiger partial charge in [0.25, 0.3) is 5.91 Å². The molecule has 0 aliphatic carbocycles. The summed E-state index contributed by atoms with van der Waals surface area (Å²) in [5.74, 6) is 1.02. The number of sulfonamides is 1. The standard InChI is InChI=1S/C22H30N2O5S/c1-6-21(29-20-13-9-18(10-14-20)24(4)30(5,26)27)22(25)23-17(3)15-28-19-11-7-16(2)8-12-19/h7-14,17,21H,6,15H2,1-5H3,(H,23,25)/t17-,21+/m0/s1. The third kappa shape index (κ3) is 6.95. The fourth-order valence-electron chi connectivity index (χ4n) is 2.65. The number of amides is 1. The zero-order chi connectivity index (χ0) is 22.3. The lowest BCUT2D eigenvalue weighted by atomic mass is 10.2. The zero-order valence-electron chi connectivity index (χ0n) is 18.1.